The third-order valence-electron chi connectivity index (χ3n) is 7.23. The van der Waals surface area contributed by atoms with E-state index in [0.29, 0.717) is 12.2 Å². The average molecular weight is 635 g/mol. The van der Waals surface area contributed by atoms with Crippen molar-refractivity contribution in [3.63, 3.8) is 0 Å². The number of aliphatic hydroxyl groups excluding tert-OH is 9. The highest BCUT2D eigenvalue weighted by Gasteiger charge is 2.53. The van der Waals surface area contributed by atoms with Crippen LogP contribution >= 0.6 is 12.6 Å². The molecule has 0 spiro atoms. The highest BCUT2D eigenvalue weighted by molar-refractivity contribution is 7.80. The number of nitrogens with one attached hydrogen (secondary N) is 1. The fourth-order valence-corrected chi connectivity index (χ4v) is 4.91. The second kappa shape index (κ2) is 16.5. The van der Waals surface area contributed by atoms with E-state index >= 15 is 0 Å². The van der Waals surface area contributed by atoms with E-state index in [9.17, 15) is 50.8 Å². The molecule has 0 aliphatic carbocycles. The summed E-state index contributed by atoms with van der Waals surface area (Å²) < 4.78 is 33.0. The summed E-state index contributed by atoms with van der Waals surface area (Å²) in [5, 5.41) is 94.5. The maximum atomic E-state index is 11.8. The largest absolute Gasteiger partial charge is 0.394 e. The molecule has 15 atom stereocenters. The average Bonchev–Trinajstić information content (AvgIpc) is 2.98. The van der Waals surface area contributed by atoms with Crippen LogP contribution in [0.5, 0.6) is 0 Å². The molecule has 42 heavy (non-hydrogen) atoms. The van der Waals surface area contributed by atoms with Gasteiger partial charge in [-0.25, -0.2) is 0 Å². The molecule has 0 aromatic rings. The number of aliphatic hydroxyl groups is 9. The van der Waals surface area contributed by atoms with Gasteiger partial charge in [-0.05, 0) is 12.2 Å². The van der Waals surface area contributed by atoms with Crippen LogP contribution in [0.3, 0.4) is 0 Å². The number of carbonyl (C=O) groups is 1. The van der Waals surface area contributed by atoms with E-state index in [1.807, 2.05) is 0 Å². The Morgan fingerprint density at radius 2 is 1.26 bits per heavy atom. The molecule has 19 heteroatoms. The molecule has 0 radical (unpaired) electrons. The van der Waals surface area contributed by atoms with Crippen molar-refractivity contribution in [2.45, 2.75) is 105 Å². The van der Waals surface area contributed by atoms with Crippen LogP contribution in [0.4, 0.5) is 0 Å². The Morgan fingerprint density at radius 3 is 1.86 bits per heavy atom. The lowest BCUT2D eigenvalue weighted by atomic mass is 9.95. The van der Waals surface area contributed by atoms with Gasteiger partial charge in [-0.3, -0.25) is 4.79 Å². The quantitative estimate of drug-likeness (QED) is 0.0662. The van der Waals surface area contributed by atoms with E-state index in [0.717, 1.165) is 0 Å². The van der Waals surface area contributed by atoms with E-state index in [1.165, 1.54) is 0 Å². The molecule has 3 rings (SSSR count). The lowest BCUT2D eigenvalue weighted by Crippen LogP contribution is -2.67. The minimum atomic E-state index is -1.89. The van der Waals surface area contributed by atoms with Gasteiger partial charge in [0.15, 0.2) is 18.9 Å². The summed E-state index contributed by atoms with van der Waals surface area (Å²) in [4.78, 5) is 11.8. The summed E-state index contributed by atoms with van der Waals surface area (Å²) in [5.74, 6) is 0.216. The molecule has 0 bridgehead atoms. The first kappa shape index (κ1) is 35.7. The van der Waals surface area contributed by atoms with Gasteiger partial charge in [0.05, 0.1) is 25.9 Å². The molecule has 3 fully saturated rings. The topological polar surface area (TPSA) is 293 Å². The van der Waals surface area contributed by atoms with E-state index < -0.39 is 112 Å². The van der Waals surface area contributed by atoms with Gasteiger partial charge in [-0.2, -0.15) is 12.6 Å². The van der Waals surface area contributed by atoms with E-state index in [4.69, 9.17) is 34.2 Å². The summed E-state index contributed by atoms with van der Waals surface area (Å²) in [6, 6.07) is -1.27. The number of rotatable bonds is 13. The zero-order valence-electron chi connectivity index (χ0n) is 22.5. The highest BCUT2D eigenvalue weighted by Crippen LogP contribution is 2.32. The summed E-state index contributed by atoms with van der Waals surface area (Å²) in [6.07, 6.45) is -21.8. The first-order chi connectivity index (χ1) is 20.0. The predicted octanol–water partition coefficient (Wildman–Crippen LogP) is -6.80. The molecule has 15 unspecified atom stereocenters. The second-order valence-corrected chi connectivity index (χ2v) is 10.6. The number of hydrogen-bond donors (Lipinski definition) is 12. The highest BCUT2D eigenvalue weighted by atomic mass is 32.1. The summed E-state index contributed by atoms with van der Waals surface area (Å²) in [6.45, 7) is -2.59. The molecule has 1 amide bonds. The fraction of sp³-hybridized carbons (Fsp3) is 0.957. The number of amides is 1. The predicted molar refractivity (Wildman–Crippen MR) is 138 cm³/mol. The van der Waals surface area contributed by atoms with Gasteiger partial charge < -0.3 is 85.4 Å². The van der Waals surface area contributed by atoms with E-state index in [1.54, 1.807) is 0 Å². The Hall–Kier alpha value is -0.820. The Morgan fingerprint density at radius 1 is 0.714 bits per heavy atom. The van der Waals surface area contributed by atoms with Gasteiger partial charge in [-0.1, -0.05) is 0 Å². The van der Waals surface area contributed by atoms with Gasteiger partial charge >= 0.3 is 0 Å². The molecule has 18 nitrogen and oxygen atoms in total. The summed E-state index contributed by atoms with van der Waals surface area (Å²) in [7, 11) is 0. The number of thiol groups is 1. The number of carbonyl (C=O) groups excluding carboxylic acids is 1. The van der Waals surface area contributed by atoms with Crippen LogP contribution in [0.2, 0.25) is 0 Å². The molecule has 0 saturated carbocycles. The Balaban J connectivity index is 1.68. The molecule has 3 heterocycles. The van der Waals surface area contributed by atoms with Crippen LogP contribution in [0.15, 0.2) is 0 Å². The van der Waals surface area contributed by atoms with Crippen molar-refractivity contribution in [1.29, 1.82) is 0 Å². The summed E-state index contributed by atoms with van der Waals surface area (Å²) in [5.41, 5.74) is 6.06. The van der Waals surface area contributed by atoms with Gasteiger partial charge in [0.2, 0.25) is 5.91 Å². The van der Waals surface area contributed by atoms with Gasteiger partial charge in [0.25, 0.3) is 0 Å². The molecule has 0 aromatic carbocycles. The zero-order valence-corrected chi connectivity index (χ0v) is 23.4. The number of ether oxygens (including phenoxy) is 6. The van der Waals surface area contributed by atoms with Crippen molar-refractivity contribution in [2.24, 2.45) is 5.73 Å². The first-order valence-electron chi connectivity index (χ1n) is 13.4. The monoisotopic (exact) mass is 634 g/mol. The van der Waals surface area contributed by atoms with Crippen LogP contribution < -0.4 is 11.1 Å². The van der Waals surface area contributed by atoms with Gasteiger partial charge in [0, 0.05) is 6.42 Å². The van der Waals surface area contributed by atoms with Crippen LogP contribution in [-0.4, -0.2) is 176 Å². The molecule has 12 N–H and O–H groups in total. The third kappa shape index (κ3) is 8.25. The van der Waals surface area contributed by atoms with Crippen LogP contribution in [0, 0.1) is 0 Å². The van der Waals surface area contributed by atoms with Crippen LogP contribution in [0.1, 0.15) is 12.8 Å². The molecule has 3 saturated heterocycles. The third-order valence-corrected chi connectivity index (χ3v) is 7.55. The van der Waals surface area contributed by atoms with Crippen molar-refractivity contribution in [2.75, 3.05) is 32.3 Å². The molecular weight excluding hydrogens is 592 g/mol. The normalized spacial score (nSPS) is 44.6. The molecule has 3 aliphatic rings. The standard InChI is InChI=1S/C23H42N2O16S/c24-12-15(32)19(10(6-28)39-21(12)36-7-25-11(29)2-1-3-42)40-23-18(35)20(14(31)9(5-27)38-23)41-22-17(34)16(33)13(30)8(4-26)37-22/h8-10,12-23,26-28,30-35,42H,1-7,24H2,(H,25,29). The van der Waals surface area contributed by atoms with Crippen molar-refractivity contribution < 1.29 is 79.2 Å². The van der Waals surface area contributed by atoms with E-state index in [-0.39, 0.29) is 19.1 Å². The van der Waals surface area contributed by atoms with Crippen molar-refractivity contribution in [3.8, 4) is 0 Å². The maximum absolute atomic E-state index is 11.8. The second-order valence-electron chi connectivity index (χ2n) is 10.1. The molecule has 246 valence electrons. The Bertz CT molecular complexity index is 831. The Labute approximate surface area is 246 Å². The van der Waals surface area contributed by atoms with Gasteiger partial charge in [0.1, 0.15) is 73.9 Å². The van der Waals surface area contributed by atoms with Crippen LogP contribution in [0.25, 0.3) is 0 Å². The van der Waals surface area contributed by atoms with Crippen LogP contribution in [-0.2, 0) is 33.2 Å². The van der Waals surface area contributed by atoms with E-state index in [2.05, 4.69) is 17.9 Å². The number of nitrogens with two attached hydrogens (primary N) is 1. The minimum absolute atomic E-state index is 0.219. The molecular formula is C23H42N2O16S. The number of hydrogen-bond acceptors (Lipinski definition) is 18. The molecule has 0 aromatic heterocycles. The minimum Gasteiger partial charge on any atom is -0.394 e. The SMILES string of the molecule is NC1C(OCNC(=O)CCCS)OC(CO)C(OC2OC(CO)C(O)C(OC3OC(CO)C(O)C(O)C3O)C2O)C1O. The lowest BCUT2D eigenvalue weighted by molar-refractivity contribution is -0.375. The molecule has 3 aliphatic heterocycles. The van der Waals surface area contributed by atoms with Crippen molar-refractivity contribution in [3.05, 3.63) is 0 Å². The fourth-order valence-electron chi connectivity index (χ4n) is 4.75. The maximum Gasteiger partial charge on any atom is 0.221 e. The zero-order chi connectivity index (χ0) is 31.1. The lowest BCUT2D eigenvalue weighted by Gasteiger charge is -2.48. The van der Waals surface area contributed by atoms with Gasteiger partial charge in [-0.15, -0.1) is 0 Å². The smallest absolute Gasteiger partial charge is 0.221 e. The van der Waals surface area contributed by atoms with Crippen molar-refractivity contribution in [1.82, 2.24) is 5.32 Å². The Kier molecular flexibility index (Phi) is 14.0. The summed E-state index contributed by atoms with van der Waals surface area (Å²) >= 11 is 4.03. The first-order valence-corrected chi connectivity index (χ1v) is 14.0. The van der Waals surface area contributed by atoms with Crippen molar-refractivity contribution >= 4 is 18.5 Å².